The molecular weight excluding hydrogens is 338 g/mol. The molecule has 2 aromatic carbocycles. The molecule has 3 rings (SSSR count). The van der Waals surface area contributed by atoms with Gasteiger partial charge >= 0.3 is 0 Å². The number of ether oxygens (including phenoxy) is 2. The minimum Gasteiger partial charge on any atom is -0.492 e. The van der Waals surface area contributed by atoms with Gasteiger partial charge in [0.1, 0.15) is 17.6 Å². The SMILES string of the molecule is CCOc1cc2c(cc1NS(=O)(=O)c1cc(C)ccc1C)O[C@@H](C)C2. The van der Waals surface area contributed by atoms with Crippen LogP contribution < -0.4 is 14.2 Å². The lowest BCUT2D eigenvalue weighted by Gasteiger charge is -2.16. The van der Waals surface area contributed by atoms with Crippen LogP contribution >= 0.6 is 0 Å². The van der Waals surface area contributed by atoms with E-state index in [2.05, 4.69) is 4.72 Å². The molecule has 0 fully saturated rings. The van der Waals surface area contributed by atoms with Crippen molar-refractivity contribution in [2.45, 2.75) is 45.1 Å². The largest absolute Gasteiger partial charge is 0.492 e. The molecule has 5 nitrogen and oxygen atoms in total. The van der Waals surface area contributed by atoms with Crippen molar-refractivity contribution in [2.24, 2.45) is 0 Å². The predicted molar refractivity (Wildman–Crippen MR) is 98.1 cm³/mol. The molecule has 1 atom stereocenters. The zero-order valence-electron chi connectivity index (χ0n) is 14.9. The van der Waals surface area contributed by atoms with Crippen LogP contribution in [0.4, 0.5) is 5.69 Å². The Labute approximate surface area is 149 Å². The highest BCUT2D eigenvalue weighted by Crippen LogP contribution is 2.39. The van der Waals surface area contributed by atoms with Crippen molar-refractivity contribution >= 4 is 15.7 Å². The van der Waals surface area contributed by atoms with Gasteiger partial charge in [-0.15, -0.1) is 0 Å². The number of rotatable bonds is 5. The number of nitrogens with one attached hydrogen (secondary N) is 1. The van der Waals surface area contributed by atoms with Gasteiger partial charge in [-0.05, 0) is 51.0 Å². The highest BCUT2D eigenvalue weighted by atomic mass is 32.2. The lowest BCUT2D eigenvalue weighted by atomic mass is 10.1. The van der Waals surface area contributed by atoms with Crippen LogP contribution in [0.25, 0.3) is 0 Å². The van der Waals surface area contributed by atoms with Crippen molar-refractivity contribution in [3.05, 3.63) is 47.0 Å². The third-order valence-corrected chi connectivity index (χ3v) is 5.68. The van der Waals surface area contributed by atoms with Gasteiger partial charge in [-0.3, -0.25) is 4.72 Å². The Morgan fingerprint density at radius 3 is 2.72 bits per heavy atom. The molecule has 1 aliphatic rings. The minimum absolute atomic E-state index is 0.0790. The van der Waals surface area contributed by atoms with Crippen LogP contribution in [0.2, 0.25) is 0 Å². The van der Waals surface area contributed by atoms with Crippen molar-refractivity contribution in [3.63, 3.8) is 0 Å². The van der Waals surface area contributed by atoms with E-state index in [1.165, 1.54) is 0 Å². The standard InChI is InChI=1S/C19H23NO4S/c1-5-23-18-10-15-9-14(4)24-17(15)11-16(18)20-25(21,22)19-8-12(2)6-7-13(19)3/h6-8,10-11,14,20H,5,9H2,1-4H3/t14-/m0/s1. The average Bonchev–Trinajstić information content (AvgIpc) is 2.89. The van der Waals surface area contributed by atoms with Gasteiger partial charge in [-0.2, -0.15) is 0 Å². The van der Waals surface area contributed by atoms with Crippen LogP contribution in [0.3, 0.4) is 0 Å². The fourth-order valence-corrected chi connectivity index (χ4v) is 4.38. The summed E-state index contributed by atoms with van der Waals surface area (Å²) in [7, 11) is -3.72. The van der Waals surface area contributed by atoms with E-state index < -0.39 is 10.0 Å². The molecule has 1 heterocycles. The van der Waals surface area contributed by atoms with Gasteiger partial charge in [0.05, 0.1) is 17.2 Å². The third kappa shape index (κ3) is 3.58. The zero-order valence-corrected chi connectivity index (χ0v) is 15.7. The number of hydrogen-bond acceptors (Lipinski definition) is 4. The molecule has 0 aliphatic carbocycles. The van der Waals surface area contributed by atoms with Gasteiger partial charge in [-0.1, -0.05) is 12.1 Å². The number of anilines is 1. The normalized spacial score (nSPS) is 16.2. The van der Waals surface area contributed by atoms with Gasteiger partial charge in [0.15, 0.2) is 0 Å². The molecule has 134 valence electrons. The molecule has 2 aromatic rings. The Kier molecular flexibility index (Phi) is 4.64. The van der Waals surface area contributed by atoms with Crippen LogP contribution in [-0.4, -0.2) is 21.1 Å². The molecule has 0 saturated carbocycles. The Bertz CT molecular complexity index is 906. The Hall–Kier alpha value is -2.21. The summed E-state index contributed by atoms with van der Waals surface area (Å²) < 4.78 is 39.8. The summed E-state index contributed by atoms with van der Waals surface area (Å²) in [6.07, 6.45) is 0.870. The Balaban J connectivity index is 2.02. The average molecular weight is 361 g/mol. The maximum Gasteiger partial charge on any atom is 0.262 e. The molecule has 1 aliphatic heterocycles. The van der Waals surface area contributed by atoms with Gasteiger partial charge in [0.25, 0.3) is 10.0 Å². The van der Waals surface area contributed by atoms with E-state index in [4.69, 9.17) is 9.47 Å². The topological polar surface area (TPSA) is 64.6 Å². The summed E-state index contributed by atoms with van der Waals surface area (Å²) >= 11 is 0. The number of hydrogen-bond donors (Lipinski definition) is 1. The fraction of sp³-hybridized carbons (Fsp3) is 0.368. The summed E-state index contributed by atoms with van der Waals surface area (Å²) in [5.41, 5.74) is 3.02. The maximum absolute atomic E-state index is 12.9. The molecule has 1 N–H and O–H groups in total. The van der Waals surface area contributed by atoms with Crippen LogP contribution in [0.1, 0.15) is 30.5 Å². The zero-order chi connectivity index (χ0) is 18.2. The monoisotopic (exact) mass is 361 g/mol. The Morgan fingerprint density at radius 2 is 2.00 bits per heavy atom. The van der Waals surface area contributed by atoms with Gasteiger partial charge in [-0.25, -0.2) is 8.42 Å². The van der Waals surface area contributed by atoms with Crippen LogP contribution in [0.5, 0.6) is 11.5 Å². The van der Waals surface area contributed by atoms with Crippen molar-refractivity contribution in [3.8, 4) is 11.5 Å². The van der Waals surface area contributed by atoms with E-state index in [1.54, 1.807) is 25.1 Å². The molecule has 0 unspecified atom stereocenters. The first-order valence-corrected chi connectivity index (χ1v) is 9.85. The van der Waals surface area contributed by atoms with Crippen LogP contribution in [0, 0.1) is 13.8 Å². The summed E-state index contributed by atoms with van der Waals surface area (Å²) in [4.78, 5) is 0.268. The summed E-state index contributed by atoms with van der Waals surface area (Å²) in [6, 6.07) is 8.95. The second-order valence-electron chi connectivity index (χ2n) is 6.40. The fourth-order valence-electron chi connectivity index (χ4n) is 2.99. The molecule has 0 amide bonds. The number of fused-ring (bicyclic) bond motifs is 1. The highest BCUT2D eigenvalue weighted by molar-refractivity contribution is 7.92. The number of benzene rings is 2. The van der Waals surface area contributed by atoms with Crippen molar-refractivity contribution in [1.82, 2.24) is 0 Å². The second-order valence-corrected chi connectivity index (χ2v) is 8.05. The number of sulfonamides is 1. The summed E-state index contributed by atoms with van der Waals surface area (Å²) in [5, 5.41) is 0. The Morgan fingerprint density at radius 1 is 1.24 bits per heavy atom. The van der Waals surface area contributed by atoms with E-state index in [1.807, 2.05) is 32.9 Å². The quantitative estimate of drug-likeness (QED) is 0.879. The van der Waals surface area contributed by atoms with E-state index in [-0.39, 0.29) is 11.0 Å². The van der Waals surface area contributed by atoms with Crippen molar-refractivity contribution in [1.29, 1.82) is 0 Å². The van der Waals surface area contributed by atoms with Gasteiger partial charge in [0, 0.05) is 18.1 Å². The molecular formula is C19H23NO4S. The first kappa shape index (κ1) is 17.6. The molecule has 0 radical (unpaired) electrons. The second kappa shape index (κ2) is 6.59. The molecule has 0 saturated heterocycles. The molecule has 6 heteroatoms. The van der Waals surface area contributed by atoms with Crippen LogP contribution in [-0.2, 0) is 16.4 Å². The van der Waals surface area contributed by atoms with E-state index in [9.17, 15) is 8.42 Å². The molecule has 25 heavy (non-hydrogen) atoms. The first-order valence-electron chi connectivity index (χ1n) is 8.36. The molecule has 0 spiro atoms. The van der Waals surface area contributed by atoms with Crippen molar-refractivity contribution < 1.29 is 17.9 Å². The smallest absolute Gasteiger partial charge is 0.262 e. The molecule has 0 aromatic heterocycles. The number of aryl methyl sites for hydroxylation is 2. The summed E-state index contributed by atoms with van der Waals surface area (Å²) in [5.74, 6) is 1.22. The predicted octanol–water partition coefficient (Wildman–Crippen LogP) is 3.83. The molecule has 0 bridgehead atoms. The van der Waals surface area contributed by atoms with Gasteiger partial charge in [0.2, 0.25) is 0 Å². The van der Waals surface area contributed by atoms with Crippen LogP contribution in [0.15, 0.2) is 35.2 Å². The van der Waals surface area contributed by atoms with E-state index in [0.717, 1.165) is 17.5 Å². The van der Waals surface area contributed by atoms with Gasteiger partial charge < -0.3 is 9.47 Å². The lowest BCUT2D eigenvalue weighted by Crippen LogP contribution is -2.15. The maximum atomic E-state index is 12.9. The minimum atomic E-state index is -3.72. The van der Waals surface area contributed by atoms with Crippen molar-refractivity contribution in [2.75, 3.05) is 11.3 Å². The first-order chi connectivity index (χ1) is 11.8. The third-order valence-electron chi connectivity index (χ3n) is 4.18. The lowest BCUT2D eigenvalue weighted by molar-refractivity contribution is 0.254. The van der Waals surface area contributed by atoms with E-state index in [0.29, 0.717) is 29.4 Å². The summed E-state index contributed by atoms with van der Waals surface area (Å²) in [6.45, 7) is 7.96. The highest BCUT2D eigenvalue weighted by Gasteiger charge is 2.25. The van der Waals surface area contributed by atoms with E-state index >= 15 is 0 Å².